The minimum Gasteiger partial charge on any atom is -0.478 e. The van der Waals surface area contributed by atoms with Gasteiger partial charge in [0.05, 0.1) is 5.92 Å². The maximum Gasteiger partial charge on any atom is 0.328 e. The quantitative estimate of drug-likeness (QED) is 0.831. The fraction of sp³-hybridized carbons (Fsp3) is 0.154. The molecule has 3 rings (SSSR count). The van der Waals surface area contributed by atoms with Crippen LogP contribution in [0.3, 0.4) is 0 Å². The summed E-state index contributed by atoms with van der Waals surface area (Å²) in [5.74, 6) is -0.139. The Hall–Kier alpha value is -2.43. The van der Waals surface area contributed by atoms with Crippen molar-refractivity contribution in [2.75, 3.05) is 0 Å². The molecule has 5 heteroatoms. The van der Waals surface area contributed by atoms with E-state index in [1.165, 1.54) is 17.2 Å². The molecule has 18 heavy (non-hydrogen) atoms. The molecule has 0 spiro atoms. The molecule has 1 aliphatic rings. The molecule has 0 saturated carbocycles. The second kappa shape index (κ2) is 4.10. The fourth-order valence-corrected chi connectivity index (χ4v) is 2.08. The number of carboxylic acids is 1. The van der Waals surface area contributed by atoms with Gasteiger partial charge in [0.15, 0.2) is 0 Å². The van der Waals surface area contributed by atoms with Gasteiger partial charge in [-0.05, 0) is 17.5 Å². The highest BCUT2D eigenvalue weighted by atomic mass is 16.4. The van der Waals surface area contributed by atoms with E-state index in [4.69, 9.17) is 9.52 Å². The number of carbonyl (C=O) groups is 1. The third-order valence-corrected chi connectivity index (χ3v) is 2.98. The number of aliphatic carboxylic acids is 1. The van der Waals surface area contributed by atoms with Gasteiger partial charge >= 0.3 is 5.97 Å². The molecule has 1 aliphatic carbocycles. The Balaban J connectivity index is 1.82. The van der Waals surface area contributed by atoms with Gasteiger partial charge in [0.25, 0.3) is 0 Å². The van der Waals surface area contributed by atoms with Crippen LogP contribution in [0.1, 0.15) is 28.8 Å². The number of hydrogen-bond donors (Lipinski definition) is 1. The molecule has 90 valence electrons. The topological polar surface area (TPSA) is 76.2 Å². The van der Waals surface area contributed by atoms with Crippen molar-refractivity contribution in [2.24, 2.45) is 0 Å². The van der Waals surface area contributed by atoms with Crippen molar-refractivity contribution in [1.29, 1.82) is 0 Å². The third-order valence-electron chi connectivity index (χ3n) is 2.98. The van der Waals surface area contributed by atoms with Crippen LogP contribution in [0, 0.1) is 0 Å². The van der Waals surface area contributed by atoms with E-state index in [0.717, 1.165) is 12.5 Å². The van der Waals surface area contributed by atoms with Crippen molar-refractivity contribution in [2.45, 2.75) is 12.3 Å². The maximum absolute atomic E-state index is 10.4. The van der Waals surface area contributed by atoms with Gasteiger partial charge in [-0.1, -0.05) is 24.3 Å². The lowest BCUT2D eigenvalue weighted by Crippen LogP contribution is -2.18. The van der Waals surface area contributed by atoms with Gasteiger partial charge in [-0.25, -0.2) is 4.79 Å². The van der Waals surface area contributed by atoms with E-state index in [0.29, 0.717) is 5.89 Å². The zero-order valence-corrected chi connectivity index (χ0v) is 9.41. The van der Waals surface area contributed by atoms with Crippen molar-refractivity contribution < 1.29 is 14.3 Å². The molecule has 5 nitrogen and oxygen atoms in total. The van der Waals surface area contributed by atoms with E-state index < -0.39 is 5.97 Å². The second-order valence-electron chi connectivity index (χ2n) is 4.11. The van der Waals surface area contributed by atoms with Gasteiger partial charge in [0.2, 0.25) is 11.8 Å². The Bertz CT molecular complexity index is 631. The Kier molecular flexibility index (Phi) is 2.44. The molecule has 1 aromatic heterocycles. The Morgan fingerprint density at radius 3 is 3.00 bits per heavy atom. The molecule has 1 aromatic carbocycles. The highest BCUT2D eigenvalue weighted by molar-refractivity contribution is 5.84. The zero-order valence-electron chi connectivity index (χ0n) is 9.41. The van der Waals surface area contributed by atoms with Gasteiger partial charge in [-0.15, -0.1) is 10.2 Å². The van der Waals surface area contributed by atoms with Crippen molar-refractivity contribution >= 4 is 12.0 Å². The molecule has 1 unspecified atom stereocenters. The summed E-state index contributed by atoms with van der Waals surface area (Å²) < 4.78 is 5.42. The largest absolute Gasteiger partial charge is 0.478 e. The van der Waals surface area contributed by atoms with Gasteiger partial charge in [0.1, 0.15) is 0 Å². The Morgan fingerprint density at radius 1 is 1.39 bits per heavy atom. The number of fused-ring (bicyclic) bond motifs is 1. The molecule has 0 amide bonds. The van der Waals surface area contributed by atoms with Crippen LogP contribution in [0.4, 0.5) is 0 Å². The molecule has 1 atom stereocenters. The highest BCUT2D eigenvalue weighted by Crippen LogP contribution is 2.39. The SMILES string of the molecule is O=C(O)/C=C/c1nnc(C2Cc3ccccc32)o1. The van der Waals surface area contributed by atoms with E-state index in [2.05, 4.69) is 16.3 Å². The minimum atomic E-state index is -1.04. The summed E-state index contributed by atoms with van der Waals surface area (Å²) in [5.41, 5.74) is 2.50. The summed E-state index contributed by atoms with van der Waals surface area (Å²) in [6.07, 6.45) is 3.16. The fourth-order valence-electron chi connectivity index (χ4n) is 2.08. The Labute approximate surface area is 103 Å². The van der Waals surface area contributed by atoms with Gasteiger partial charge in [-0.3, -0.25) is 0 Å². The molecule has 1 heterocycles. The lowest BCUT2D eigenvalue weighted by molar-refractivity contribution is -0.131. The number of carboxylic acid groups (broad SMARTS) is 1. The summed E-state index contributed by atoms with van der Waals surface area (Å²) in [6, 6.07) is 8.10. The molecule has 2 aromatic rings. The van der Waals surface area contributed by atoms with Crippen molar-refractivity contribution in [1.82, 2.24) is 10.2 Å². The standard InChI is InChI=1S/C13H10N2O3/c16-12(17)6-5-11-14-15-13(18-11)10-7-8-3-1-2-4-9(8)10/h1-6,10H,7H2,(H,16,17)/b6-5+. The van der Waals surface area contributed by atoms with E-state index in [1.807, 2.05) is 18.2 Å². The molecular formula is C13H10N2O3. The second-order valence-corrected chi connectivity index (χ2v) is 4.11. The molecule has 0 radical (unpaired) electrons. The lowest BCUT2D eigenvalue weighted by Gasteiger charge is -2.26. The van der Waals surface area contributed by atoms with Gasteiger partial charge in [0, 0.05) is 12.2 Å². The van der Waals surface area contributed by atoms with Crippen LogP contribution in [-0.2, 0) is 11.2 Å². The molecule has 0 bridgehead atoms. The van der Waals surface area contributed by atoms with Crippen molar-refractivity contribution in [3.63, 3.8) is 0 Å². The predicted molar refractivity (Wildman–Crippen MR) is 63.0 cm³/mol. The van der Waals surface area contributed by atoms with E-state index in [9.17, 15) is 4.79 Å². The van der Waals surface area contributed by atoms with E-state index >= 15 is 0 Å². The molecular weight excluding hydrogens is 232 g/mol. The molecule has 0 aliphatic heterocycles. The summed E-state index contributed by atoms with van der Waals surface area (Å²) in [5, 5.41) is 16.3. The van der Waals surface area contributed by atoms with E-state index in [-0.39, 0.29) is 11.8 Å². The van der Waals surface area contributed by atoms with Crippen molar-refractivity contribution in [3.8, 4) is 0 Å². The summed E-state index contributed by atoms with van der Waals surface area (Å²) in [4.78, 5) is 10.4. The first-order valence-electron chi connectivity index (χ1n) is 5.56. The monoisotopic (exact) mass is 242 g/mol. The Morgan fingerprint density at radius 2 is 2.22 bits per heavy atom. The summed E-state index contributed by atoms with van der Waals surface area (Å²) in [6.45, 7) is 0. The summed E-state index contributed by atoms with van der Waals surface area (Å²) >= 11 is 0. The average molecular weight is 242 g/mol. The average Bonchev–Trinajstić information content (AvgIpc) is 2.77. The van der Waals surface area contributed by atoms with Crippen LogP contribution in [-0.4, -0.2) is 21.3 Å². The van der Waals surface area contributed by atoms with Gasteiger partial charge < -0.3 is 9.52 Å². The van der Waals surface area contributed by atoms with Crippen LogP contribution in [0.5, 0.6) is 0 Å². The minimum absolute atomic E-state index is 0.140. The lowest BCUT2D eigenvalue weighted by atomic mass is 9.77. The zero-order chi connectivity index (χ0) is 12.5. The van der Waals surface area contributed by atoms with Crippen molar-refractivity contribution in [3.05, 3.63) is 53.2 Å². The molecule has 1 N–H and O–H groups in total. The summed E-state index contributed by atoms with van der Waals surface area (Å²) in [7, 11) is 0. The maximum atomic E-state index is 10.4. The first-order chi connectivity index (χ1) is 8.74. The number of benzene rings is 1. The van der Waals surface area contributed by atoms with Crippen LogP contribution < -0.4 is 0 Å². The predicted octanol–water partition coefficient (Wildman–Crippen LogP) is 1.86. The number of rotatable bonds is 3. The van der Waals surface area contributed by atoms with E-state index in [1.54, 1.807) is 0 Å². The first-order valence-corrected chi connectivity index (χ1v) is 5.56. The van der Waals surface area contributed by atoms with Crippen LogP contribution in [0.2, 0.25) is 0 Å². The van der Waals surface area contributed by atoms with Crippen LogP contribution in [0.15, 0.2) is 34.8 Å². The number of nitrogens with zero attached hydrogens (tertiary/aromatic N) is 2. The first kappa shape index (κ1) is 10.7. The third kappa shape index (κ3) is 1.79. The smallest absolute Gasteiger partial charge is 0.328 e. The normalized spacial score (nSPS) is 17.4. The van der Waals surface area contributed by atoms with Crippen LogP contribution in [0.25, 0.3) is 6.08 Å². The van der Waals surface area contributed by atoms with Gasteiger partial charge in [-0.2, -0.15) is 0 Å². The number of aromatic nitrogens is 2. The van der Waals surface area contributed by atoms with Crippen LogP contribution >= 0.6 is 0 Å². The highest BCUT2D eigenvalue weighted by Gasteiger charge is 2.31. The number of hydrogen-bond acceptors (Lipinski definition) is 4. The molecule has 0 saturated heterocycles. The molecule has 0 fully saturated rings.